The maximum absolute atomic E-state index is 12.9. The molecule has 130 valence electrons. The Kier molecular flexibility index (Phi) is 4.57. The van der Waals surface area contributed by atoms with Crippen LogP contribution >= 0.6 is 0 Å². The molecular weight excluding hydrogens is 336 g/mol. The average Bonchev–Trinajstić information content (AvgIpc) is 3.36. The molecule has 2 atom stereocenters. The molecule has 2 unspecified atom stereocenters. The topological polar surface area (TPSA) is 41.5 Å². The van der Waals surface area contributed by atoms with Crippen molar-refractivity contribution in [2.45, 2.75) is 18.5 Å². The molecule has 2 aromatic rings. The maximum Gasteiger partial charge on any atom is 0.416 e. The van der Waals surface area contributed by atoms with E-state index in [0.717, 1.165) is 17.7 Å². The predicted octanol–water partition coefficient (Wildman–Crippen LogP) is 4.10. The smallest absolute Gasteiger partial charge is 0.273 e. The largest absolute Gasteiger partial charge is 0.416 e. The van der Waals surface area contributed by atoms with Crippen LogP contribution in [-0.2, 0) is 11.0 Å². The minimum absolute atomic E-state index is 0.0434. The molecule has 25 heavy (non-hydrogen) atoms. The van der Waals surface area contributed by atoms with Gasteiger partial charge in [0, 0.05) is 5.92 Å². The van der Waals surface area contributed by atoms with E-state index in [4.69, 9.17) is 0 Å². The van der Waals surface area contributed by atoms with Gasteiger partial charge in [-0.25, -0.2) is 9.82 Å². The van der Waals surface area contributed by atoms with Crippen LogP contribution in [0.2, 0.25) is 0 Å². The lowest BCUT2D eigenvalue weighted by Crippen LogP contribution is -2.20. The summed E-state index contributed by atoms with van der Waals surface area (Å²) in [5.74, 6) is -0.777. The van der Waals surface area contributed by atoms with Crippen LogP contribution in [0.1, 0.15) is 29.0 Å². The van der Waals surface area contributed by atoms with Crippen molar-refractivity contribution in [2.24, 2.45) is 11.0 Å². The first-order chi connectivity index (χ1) is 11.8. The second-order valence-corrected chi connectivity index (χ2v) is 5.85. The van der Waals surface area contributed by atoms with Crippen molar-refractivity contribution in [1.29, 1.82) is 0 Å². The minimum atomic E-state index is -4.38. The number of amides is 1. The third kappa shape index (κ3) is 4.23. The Labute approximate surface area is 141 Å². The highest BCUT2D eigenvalue weighted by atomic mass is 19.4. The van der Waals surface area contributed by atoms with Gasteiger partial charge in [0.1, 0.15) is 5.82 Å². The zero-order valence-electron chi connectivity index (χ0n) is 12.9. The SMILES string of the molecule is O=C(N/N=C/c1ccc(C(F)(F)F)cc1)C1CC1c1ccc(F)cc1. The van der Waals surface area contributed by atoms with Gasteiger partial charge in [-0.3, -0.25) is 4.79 Å². The predicted molar refractivity (Wildman–Crippen MR) is 84.4 cm³/mol. The van der Waals surface area contributed by atoms with Crippen molar-refractivity contribution in [2.75, 3.05) is 0 Å². The molecule has 0 saturated heterocycles. The van der Waals surface area contributed by atoms with E-state index in [1.807, 2.05) is 0 Å². The highest BCUT2D eigenvalue weighted by Crippen LogP contribution is 2.47. The quantitative estimate of drug-likeness (QED) is 0.503. The molecule has 3 nitrogen and oxygen atoms in total. The lowest BCUT2D eigenvalue weighted by atomic mass is 10.1. The monoisotopic (exact) mass is 350 g/mol. The normalized spacial score (nSPS) is 19.8. The first kappa shape index (κ1) is 17.1. The zero-order chi connectivity index (χ0) is 18.0. The number of carbonyl (C=O) groups excluding carboxylic acids is 1. The Balaban J connectivity index is 1.53. The Morgan fingerprint density at radius 1 is 1.08 bits per heavy atom. The summed E-state index contributed by atoms with van der Waals surface area (Å²) in [7, 11) is 0. The van der Waals surface area contributed by atoms with Crippen LogP contribution < -0.4 is 5.43 Å². The number of hydrazone groups is 1. The number of hydrogen-bond donors (Lipinski definition) is 1. The van der Waals surface area contributed by atoms with Crippen molar-refractivity contribution < 1.29 is 22.4 Å². The van der Waals surface area contributed by atoms with Crippen LogP contribution in [0.4, 0.5) is 17.6 Å². The maximum atomic E-state index is 12.9. The van der Waals surface area contributed by atoms with E-state index in [1.54, 1.807) is 12.1 Å². The van der Waals surface area contributed by atoms with Gasteiger partial charge in [0.15, 0.2) is 0 Å². The number of rotatable bonds is 4. The van der Waals surface area contributed by atoms with Gasteiger partial charge in [0.2, 0.25) is 5.91 Å². The fourth-order valence-electron chi connectivity index (χ4n) is 2.57. The third-order valence-corrected chi connectivity index (χ3v) is 4.05. The number of nitrogens with zero attached hydrogens (tertiary/aromatic N) is 1. The lowest BCUT2D eigenvalue weighted by Gasteiger charge is -2.05. The lowest BCUT2D eigenvalue weighted by molar-refractivity contribution is -0.137. The summed E-state index contributed by atoms with van der Waals surface area (Å²) in [5.41, 5.74) is 2.98. The third-order valence-electron chi connectivity index (χ3n) is 4.05. The van der Waals surface area contributed by atoms with E-state index >= 15 is 0 Å². The molecule has 0 aromatic heterocycles. The van der Waals surface area contributed by atoms with Gasteiger partial charge in [0.05, 0.1) is 11.8 Å². The molecule has 7 heteroatoms. The first-order valence-electron chi connectivity index (χ1n) is 7.60. The summed E-state index contributed by atoms with van der Waals surface area (Å²) in [6, 6.07) is 10.5. The minimum Gasteiger partial charge on any atom is -0.273 e. The molecule has 0 aliphatic heterocycles. The van der Waals surface area contributed by atoms with Crippen LogP contribution in [0.15, 0.2) is 53.6 Å². The summed E-state index contributed by atoms with van der Waals surface area (Å²) in [5, 5.41) is 3.77. The van der Waals surface area contributed by atoms with Gasteiger partial charge in [-0.05, 0) is 47.7 Å². The first-order valence-corrected chi connectivity index (χ1v) is 7.60. The van der Waals surface area contributed by atoms with Crippen molar-refractivity contribution in [1.82, 2.24) is 5.43 Å². The molecule has 1 N–H and O–H groups in total. The highest BCUT2D eigenvalue weighted by molar-refractivity contribution is 5.85. The zero-order valence-corrected chi connectivity index (χ0v) is 12.9. The molecule has 1 amide bonds. The number of hydrogen-bond acceptors (Lipinski definition) is 2. The Bertz CT molecular complexity index is 782. The van der Waals surface area contributed by atoms with Crippen molar-refractivity contribution in [3.63, 3.8) is 0 Å². The summed E-state index contributed by atoms with van der Waals surface area (Å²) in [6.07, 6.45) is -2.44. The van der Waals surface area contributed by atoms with Gasteiger partial charge in [-0.15, -0.1) is 0 Å². The standard InChI is InChI=1S/C18H14F4N2O/c19-14-7-3-12(4-8-14)15-9-16(15)17(25)24-23-10-11-1-5-13(6-2-11)18(20,21)22/h1-8,10,15-16H,9H2,(H,24,25)/b23-10+. The number of carbonyl (C=O) groups is 1. The molecule has 1 saturated carbocycles. The van der Waals surface area contributed by atoms with Crippen molar-refractivity contribution in [3.8, 4) is 0 Å². The van der Waals surface area contributed by atoms with Crippen molar-refractivity contribution >= 4 is 12.1 Å². The van der Waals surface area contributed by atoms with Crippen LogP contribution in [0.3, 0.4) is 0 Å². The second-order valence-electron chi connectivity index (χ2n) is 5.85. The molecule has 1 aliphatic rings. The number of halogens is 4. The molecule has 1 fully saturated rings. The van der Waals surface area contributed by atoms with E-state index in [-0.39, 0.29) is 23.6 Å². The number of benzene rings is 2. The van der Waals surface area contributed by atoms with Crippen LogP contribution in [-0.4, -0.2) is 12.1 Å². The second kappa shape index (κ2) is 6.66. The summed E-state index contributed by atoms with van der Waals surface area (Å²) < 4.78 is 50.3. The van der Waals surface area contributed by atoms with Crippen LogP contribution in [0.5, 0.6) is 0 Å². The molecule has 0 spiro atoms. The van der Waals surface area contributed by atoms with Gasteiger partial charge < -0.3 is 0 Å². The molecule has 0 bridgehead atoms. The molecule has 0 radical (unpaired) electrons. The van der Waals surface area contributed by atoms with Gasteiger partial charge in [-0.2, -0.15) is 18.3 Å². The highest BCUT2D eigenvalue weighted by Gasteiger charge is 2.43. The van der Waals surface area contributed by atoms with E-state index in [2.05, 4.69) is 10.5 Å². The fraction of sp³-hybridized carbons (Fsp3) is 0.222. The van der Waals surface area contributed by atoms with E-state index in [1.165, 1.54) is 30.5 Å². The number of nitrogens with one attached hydrogen (secondary N) is 1. The summed E-state index contributed by atoms with van der Waals surface area (Å²) >= 11 is 0. The van der Waals surface area contributed by atoms with Crippen LogP contribution in [0, 0.1) is 11.7 Å². The van der Waals surface area contributed by atoms with E-state index < -0.39 is 11.7 Å². The molecular formula is C18H14F4N2O. The van der Waals surface area contributed by atoms with Gasteiger partial charge in [0.25, 0.3) is 0 Å². The average molecular weight is 350 g/mol. The van der Waals surface area contributed by atoms with E-state index in [9.17, 15) is 22.4 Å². The number of alkyl halides is 3. The van der Waals surface area contributed by atoms with E-state index in [0.29, 0.717) is 12.0 Å². The Hall–Kier alpha value is -2.70. The fourth-order valence-corrected chi connectivity index (χ4v) is 2.57. The Morgan fingerprint density at radius 3 is 2.32 bits per heavy atom. The van der Waals surface area contributed by atoms with Crippen LogP contribution in [0.25, 0.3) is 0 Å². The molecule has 1 aliphatic carbocycles. The molecule has 0 heterocycles. The molecule has 3 rings (SSSR count). The molecule has 2 aromatic carbocycles. The van der Waals surface area contributed by atoms with Crippen molar-refractivity contribution in [3.05, 3.63) is 71.0 Å². The summed E-state index contributed by atoms with van der Waals surface area (Å²) in [4.78, 5) is 12.0. The van der Waals surface area contributed by atoms with Gasteiger partial charge in [-0.1, -0.05) is 24.3 Å². The van der Waals surface area contributed by atoms with Gasteiger partial charge >= 0.3 is 6.18 Å². The Morgan fingerprint density at radius 2 is 1.72 bits per heavy atom. The summed E-state index contributed by atoms with van der Waals surface area (Å²) in [6.45, 7) is 0.